The van der Waals surface area contributed by atoms with Gasteiger partial charge in [0.25, 0.3) is 0 Å². The summed E-state index contributed by atoms with van der Waals surface area (Å²) in [7, 11) is 0. The van der Waals surface area contributed by atoms with Crippen LogP contribution in [0.15, 0.2) is 42.5 Å². The fourth-order valence-corrected chi connectivity index (χ4v) is 2.81. The van der Waals surface area contributed by atoms with Gasteiger partial charge in [0.15, 0.2) is 0 Å². The van der Waals surface area contributed by atoms with Crippen molar-refractivity contribution in [3.8, 4) is 0 Å². The van der Waals surface area contributed by atoms with Crippen molar-refractivity contribution < 1.29 is 29.7 Å². The monoisotopic (exact) mass is 371 g/mol. The number of nitrogens with zero attached hydrogens (tertiary/aromatic N) is 1. The van der Waals surface area contributed by atoms with Crippen molar-refractivity contribution >= 4 is 17.9 Å². The van der Waals surface area contributed by atoms with E-state index in [1.165, 1.54) is 12.1 Å². The van der Waals surface area contributed by atoms with E-state index in [-0.39, 0.29) is 24.1 Å². The number of carboxylic acid groups (broad SMARTS) is 3. The van der Waals surface area contributed by atoms with E-state index >= 15 is 0 Å². The van der Waals surface area contributed by atoms with Crippen LogP contribution in [0.2, 0.25) is 0 Å². The van der Waals surface area contributed by atoms with E-state index in [1.54, 1.807) is 6.07 Å². The van der Waals surface area contributed by atoms with Crippen LogP contribution >= 0.6 is 0 Å². The Hall–Kier alpha value is -3.19. The molecule has 2 aromatic carbocycles. The number of hydrogen-bond donors (Lipinski definition) is 3. The maximum absolute atomic E-state index is 11.4. The molecule has 0 saturated carbocycles. The molecule has 7 nitrogen and oxygen atoms in total. The zero-order valence-electron chi connectivity index (χ0n) is 14.9. The Bertz CT molecular complexity index is 861. The first kappa shape index (κ1) is 20.1. The molecule has 0 bridgehead atoms. The second-order valence-electron chi connectivity index (χ2n) is 6.27. The highest BCUT2D eigenvalue weighted by Gasteiger charge is 2.18. The van der Waals surface area contributed by atoms with E-state index in [0.717, 1.165) is 11.1 Å². The summed E-state index contributed by atoms with van der Waals surface area (Å²) in [6, 6.07) is 11.9. The van der Waals surface area contributed by atoms with Crippen LogP contribution in [0.3, 0.4) is 0 Å². The first-order valence-corrected chi connectivity index (χ1v) is 8.36. The first-order chi connectivity index (χ1) is 12.8. The molecule has 0 aromatic heterocycles. The van der Waals surface area contributed by atoms with Gasteiger partial charge in [-0.1, -0.05) is 30.3 Å². The summed E-state index contributed by atoms with van der Waals surface area (Å²) in [6.07, 6.45) is -0.0507. The molecule has 0 aliphatic rings. The van der Waals surface area contributed by atoms with Crippen molar-refractivity contribution in [1.29, 1.82) is 0 Å². The van der Waals surface area contributed by atoms with E-state index in [9.17, 15) is 19.5 Å². The number of carboxylic acids is 3. The van der Waals surface area contributed by atoms with Crippen molar-refractivity contribution in [2.24, 2.45) is 0 Å². The van der Waals surface area contributed by atoms with Gasteiger partial charge in [0.2, 0.25) is 0 Å². The lowest BCUT2D eigenvalue weighted by Gasteiger charge is -2.23. The van der Waals surface area contributed by atoms with Crippen LogP contribution in [-0.4, -0.2) is 44.7 Å². The van der Waals surface area contributed by atoms with Gasteiger partial charge >= 0.3 is 17.9 Å². The molecule has 0 atom stereocenters. The van der Waals surface area contributed by atoms with E-state index in [2.05, 4.69) is 0 Å². The summed E-state index contributed by atoms with van der Waals surface area (Å²) in [4.78, 5) is 35.4. The number of benzene rings is 2. The van der Waals surface area contributed by atoms with Crippen molar-refractivity contribution in [3.63, 3.8) is 0 Å². The molecule has 27 heavy (non-hydrogen) atoms. The number of rotatable bonds is 9. The molecule has 2 aromatic rings. The van der Waals surface area contributed by atoms with Gasteiger partial charge in [-0.05, 0) is 35.7 Å². The zero-order chi connectivity index (χ0) is 20.0. The van der Waals surface area contributed by atoms with Crippen LogP contribution in [0.1, 0.15) is 43.8 Å². The molecule has 0 heterocycles. The van der Waals surface area contributed by atoms with Gasteiger partial charge in [-0.25, -0.2) is 9.59 Å². The summed E-state index contributed by atoms with van der Waals surface area (Å²) in [5, 5.41) is 27.4. The lowest BCUT2D eigenvalue weighted by Crippen LogP contribution is -2.26. The van der Waals surface area contributed by atoms with Crippen LogP contribution in [0, 0.1) is 6.92 Å². The van der Waals surface area contributed by atoms with Crippen LogP contribution in [-0.2, 0) is 17.9 Å². The molecule has 0 saturated heterocycles. The minimum atomic E-state index is -1.31. The average Bonchev–Trinajstić information content (AvgIpc) is 2.61. The van der Waals surface area contributed by atoms with Crippen LogP contribution in [0.5, 0.6) is 0 Å². The highest BCUT2D eigenvalue weighted by atomic mass is 16.4. The number of aliphatic carboxylic acids is 1. The van der Waals surface area contributed by atoms with E-state index in [1.807, 2.05) is 36.1 Å². The van der Waals surface area contributed by atoms with Crippen LogP contribution in [0.4, 0.5) is 0 Å². The van der Waals surface area contributed by atoms with Gasteiger partial charge in [-0.3, -0.25) is 9.69 Å². The van der Waals surface area contributed by atoms with Gasteiger partial charge in [0.05, 0.1) is 17.5 Å². The Balaban J connectivity index is 2.27. The predicted octanol–water partition coefficient (Wildman–Crippen LogP) is 2.87. The Labute approximate surface area is 156 Å². The number of aromatic carboxylic acids is 2. The molecule has 0 radical (unpaired) electrons. The second-order valence-corrected chi connectivity index (χ2v) is 6.27. The third kappa shape index (κ3) is 5.65. The number of aryl methyl sites for hydroxylation is 1. The molecule has 3 N–H and O–H groups in total. The molecule has 0 aliphatic heterocycles. The van der Waals surface area contributed by atoms with Crippen molar-refractivity contribution in [2.45, 2.75) is 26.4 Å². The van der Waals surface area contributed by atoms with Gasteiger partial charge in [0, 0.05) is 19.6 Å². The minimum absolute atomic E-state index is 0.0507. The second kappa shape index (κ2) is 8.95. The van der Waals surface area contributed by atoms with E-state index in [4.69, 9.17) is 10.2 Å². The number of hydrogen-bond acceptors (Lipinski definition) is 4. The van der Waals surface area contributed by atoms with Gasteiger partial charge < -0.3 is 15.3 Å². The van der Waals surface area contributed by atoms with E-state index < -0.39 is 17.9 Å². The smallest absolute Gasteiger partial charge is 0.336 e. The zero-order valence-corrected chi connectivity index (χ0v) is 14.9. The maximum atomic E-state index is 11.4. The quantitative estimate of drug-likeness (QED) is 0.621. The SMILES string of the molecule is Cc1ccccc1CN(CCC(=O)O)Cc1ccc(C(=O)O)c(C(=O)O)c1. The average molecular weight is 371 g/mol. The molecular formula is C20H21NO6. The van der Waals surface area contributed by atoms with E-state index in [0.29, 0.717) is 18.7 Å². The third-order valence-electron chi connectivity index (χ3n) is 4.25. The fourth-order valence-electron chi connectivity index (χ4n) is 2.81. The highest BCUT2D eigenvalue weighted by molar-refractivity contribution is 6.01. The van der Waals surface area contributed by atoms with Crippen molar-refractivity contribution in [1.82, 2.24) is 4.90 Å². The van der Waals surface area contributed by atoms with Gasteiger partial charge in [0.1, 0.15) is 0 Å². The molecule has 142 valence electrons. The standard InChI is InChI=1S/C20H21NO6/c1-13-4-2-3-5-15(13)12-21(9-8-18(22)23)11-14-6-7-16(19(24)25)17(10-14)20(26)27/h2-7,10H,8-9,11-12H2,1H3,(H,22,23)(H,24,25)(H,26,27). The van der Waals surface area contributed by atoms with Crippen LogP contribution < -0.4 is 0 Å². The first-order valence-electron chi connectivity index (χ1n) is 8.36. The van der Waals surface area contributed by atoms with Gasteiger partial charge in [-0.15, -0.1) is 0 Å². The number of carbonyl (C=O) groups is 3. The maximum Gasteiger partial charge on any atom is 0.336 e. The molecule has 0 aliphatic carbocycles. The van der Waals surface area contributed by atoms with Crippen LogP contribution in [0.25, 0.3) is 0 Å². The lowest BCUT2D eigenvalue weighted by atomic mass is 10.0. The molecule has 7 heteroatoms. The van der Waals surface area contributed by atoms with Crippen molar-refractivity contribution in [3.05, 3.63) is 70.3 Å². The molecule has 0 fully saturated rings. The Morgan fingerprint density at radius 2 is 1.56 bits per heavy atom. The predicted molar refractivity (Wildman–Crippen MR) is 97.9 cm³/mol. The molecule has 2 rings (SSSR count). The topological polar surface area (TPSA) is 115 Å². The normalized spacial score (nSPS) is 10.7. The summed E-state index contributed by atoms with van der Waals surface area (Å²) >= 11 is 0. The summed E-state index contributed by atoms with van der Waals surface area (Å²) in [5.41, 5.74) is 2.17. The lowest BCUT2D eigenvalue weighted by molar-refractivity contribution is -0.137. The summed E-state index contributed by atoms with van der Waals surface area (Å²) in [5.74, 6) is -3.54. The van der Waals surface area contributed by atoms with Gasteiger partial charge in [-0.2, -0.15) is 0 Å². The third-order valence-corrected chi connectivity index (χ3v) is 4.25. The molecular weight excluding hydrogens is 350 g/mol. The molecule has 0 amide bonds. The Kier molecular flexibility index (Phi) is 6.67. The minimum Gasteiger partial charge on any atom is -0.481 e. The Morgan fingerprint density at radius 1 is 0.889 bits per heavy atom. The fraction of sp³-hybridized carbons (Fsp3) is 0.250. The largest absolute Gasteiger partial charge is 0.481 e. The van der Waals surface area contributed by atoms with Crippen molar-refractivity contribution in [2.75, 3.05) is 6.54 Å². The molecule has 0 spiro atoms. The summed E-state index contributed by atoms with van der Waals surface area (Å²) < 4.78 is 0. The highest BCUT2D eigenvalue weighted by Crippen LogP contribution is 2.17. The summed E-state index contributed by atoms with van der Waals surface area (Å²) in [6.45, 7) is 3.06. The Morgan fingerprint density at radius 3 is 2.15 bits per heavy atom. The molecule has 0 unspecified atom stereocenters.